The summed E-state index contributed by atoms with van der Waals surface area (Å²) in [5.74, 6) is 0. The molecule has 0 fully saturated rings. The van der Waals surface area contributed by atoms with Gasteiger partial charge in [0.2, 0.25) is 0 Å². The molecule has 4 nitrogen and oxygen atoms in total. The third kappa shape index (κ3) is 5.83. The van der Waals surface area contributed by atoms with Crippen LogP contribution in [0.2, 0.25) is 0 Å². The fraction of sp³-hybridized carbons (Fsp3) is 0.0345. The summed E-state index contributed by atoms with van der Waals surface area (Å²) < 4.78 is 4.80. The predicted octanol–water partition coefficient (Wildman–Crippen LogP) is 15.1. The molecule has 0 radical (unpaired) electrons. The molecule has 3 aromatic heterocycles. The van der Waals surface area contributed by atoms with Crippen molar-refractivity contribution >= 4 is 54.6 Å². The second-order valence-corrected chi connectivity index (χ2v) is 16.4. The van der Waals surface area contributed by atoms with Crippen LogP contribution >= 0.6 is 0 Å². The summed E-state index contributed by atoms with van der Waals surface area (Å²) in [6, 6.07) is 74.3. The molecule has 0 unspecified atom stereocenters. The summed E-state index contributed by atoms with van der Waals surface area (Å²) in [5.41, 5.74) is 19.9. The first-order valence-corrected chi connectivity index (χ1v) is 21.2. The number of aryl methyl sites for hydroxylation is 2. The van der Waals surface area contributed by atoms with Gasteiger partial charge in [0.05, 0.1) is 44.5 Å². The minimum absolute atomic E-state index is 0.871. The molecule has 0 aliphatic carbocycles. The molecule has 62 heavy (non-hydrogen) atoms. The molecule has 12 rings (SSSR count). The zero-order valence-corrected chi connectivity index (χ0v) is 34.4. The summed E-state index contributed by atoms with van der Waals surface area (Å²) in [6.07, 6.45) is 0. The van der Waals surface area contributed by atoms with Crippen molar-refractivity contribution < 1.29 is 0 Å². The molecule has 4 heteroatoms. The fourth-order valence-corrected chi connectivity index (χ4v) is 9.45. The van der Waals surface area contributed by atoms with E-state index in [1.54, 1.807) is 0 Å². The average molecular weight is 793 g/mol. The first-order chi connectivity index (χ1) is 30.6. The zero-order valence-electron chi connectivity index (χ0n) is 34.4. The summed E-state index contributed by atoms with van der Waals surface area (Å²) in [4.78, 5) is 10.3. The molecular weight excluding hydrogens is 753 g/mol. The van der Waals surface area contributed by atoms with Crippen LogP contribution in [-0.4, -0.2) is 19.1 Å². The van der Waals surface area contributed by atoms with Gasteiger partial charge in [-0.05, 0) is 121 Å². The highest BCUT2D eigenvalue weighted by molar-refractivity contribution is 6.14. The van der Waals surface area contributed by atoms with E-state index in [-0.39, 0.29) is 0 Å². The van der Waals surface area contributed by atoms with E-state index in [0.717, 1.165) is 50.4 Å². The monoisotopic (exact) mass is 792 g/mol. The van der Waals surface area contributed by atoms with Gasteiger partial charge in [-0.2, -0.15) is 0 Å². The normalized spacial score (nSPS) is 11.7. The van der Waals surface area contributed by atoms with Crippen LogP contribution in [0.1, 0.15) is 11.1 Å². The second-order valence-electron chi connectivity index (χ2n) is 16.4. The van der Waals surface area contributed by atoms with Crippen LogP contribution in [0.3, 0.4) is 0 Å². The highest BCUT2D eigenvalue weighted by Gasteiger charge is 2.19. The summed E-state index contributed by atoms with van der Waals surface area (Å²) in [6.45, 7) is 4.39. The number of para-hydroxylation sites is 4. The average Bonchev–Trinajstić information content (AvgIpc) is 3.83. The Bertz CT molecular complexity index is 3670. The molecular formula is C58H40N4. The van der Waals surface area contributed by atoms with Crippen LogP contribution in [0.25, 0.3) is 111 Å². The quantitative estimate of drug-likeness (QED) is 0.168. The van der Waals surface area contributed by atoms with Crippen molar-refractivity contribution in [3.05, 3.63) is 217 Å². The Kier molecular flexibility index (Phi) is 8.26. The number of aromatic nitrogens is 4. The molecule has 0 atom stereocenters. The Morgan fingerprint density at radius 3 is 1.52 bits per heavy atom. The minimum Gasteiger partial charge on any atom is -0.309 e. The Hall–Kier alpha value is -8.08. The van der Waals surface area contributed by atoms with Crippen molar-refractivity contribution in [2.75, 3.05) is 0 Å². The van der Waals surface area contributed by atoms with Crippen molar-refractivity contribution in [3.63, 3.8) is 0 Å². The fourth-order valence-electron chi connectivity index (χ4n) is 9.45. The zero-order chi connectivity index (χ0) is 41.3. The third-order valence-corrected chi connectivity index (χ3v) is 12.5. The number of fused-ring (bicyclic) bond motifs is 7. The van der Waals surface area contributed by atoms with E-state index in [2.05, 4.69) is 199 Å². The highest BCUT2D eigenvalue weighted by Crippen LogP contribution is 2.41. The van der Waals surface area contributed by atoms with Gasteiger partial charge in [-0.3, -0.25) is 0 Å². The second kappa shape index (κ2) is 14.3. The van der Waals surface area contributed by atoms with Gasteiger partial charge in [-0.15, -0.1) is 0 Å². The van der Waals surface area contributed by atoms with Crippen LogP contribution in [0.5, 0.6) is 0 Å². The number of rotatable bonds is 6. The van der Waals surface area contributed by atoms with Crippen molar-refractivity contribution in [1.29, 1.82) is 0 Å². The van der Waals surface area contributed by atoms with Crippen molar-refractivity contribution in [1.82, 2.24) is 19.1 Å². The molecule has 292 valence electrons. The summed E-state index contributed by atoms with van der Waals surface area (Å²) >= 11 is 0. The predicted molar refractivity (Wildman–Crippen MR) is 259 cm³/mol. The smallest absolute Gasteiger partial charge is 0.0973 e. The maximum absolute atomic E-state index is 5.19. The van der Waals surface area contributed by atoms with Crippen LogP contribution < -0.4 is 0 Å². The maximum Gasteiger partial charge on any atom is 0.0973 e. The third-order valence-electron chi connectivity index (χ3n) is 12.5. The standard InChI is InChI=1S/C58H40N4/c1-37-21-23-39(24-22-37)42-27-31-55-49(34-42)50-36-47(43-28-32-54-48(35-43)46-17-9-12-20-53(46)61(54)44-15-7-4-8-16-44)38(2)33-56(50)62(55)45-29-25-41(26-30-45)58-57(40-13-5-3-6-14-40)59-51-18-10-11-19-52(51)60-58/h3-36H,1-2H3. The molecule has 0 aliphatic rings. The van der Waals surface area contributed by atoms with Gasteiger partial charge in [-0.1, -0.05) is 133 Å². The molecule has 0 saturated heterocycles. The lowest BCUT2D eigenvalue weighted by molar-refractivity contribution is 1.18. The van der Waals surface area contributed by atoms with E-state index in [4.69, 9.17) is 9.97 Å². The summed E-state index contributed by atoms with van der Waals surface area (Å²) in [7, 11) is 0. The minimum atomic E-state index is 0.871. The van der Waals surface area contributed by atoms with Crippen molar-refractivity contribution in [2.45, 2.75) is 13.8 Å². The number of hydrogen-bond donors (Lipinski definition) is 0. The Morgan fingerprint density at radius 1 is 0.323 bits per heavy atom. The Morgan fingerprint density at radius 2 is 0.806 bits per heavy atom. The topological polar surface area (TPSA) is 35.6 Å². The van der Waals surface area contributed by atoms with Crippen LogP contribution in [0, 0.1) is 13.8 Å². The van der Waals surface area contributed by atoms with Crippen LogP contribution in [-0.2, 0) is 0 Å². The maximum atomic E-state index is 5.19. The van der Waals surface area contributed by atoms with E-state index in [0.29, 0.717) is 0 Å². The first kappa shape index (κ1) is 35.8. The van der Waals surface area contributed by atoms with E-state index < -0.39 is 0 Å². The summed E-state index contributed by atoms with van der Waals surface area (Å²) in [5, 5.41) is 4.94. The van der Waals surface area contributed by atoms with Crippen molar-refractivity contribution in [3.8, 4) is 56.1 Å². The lowest BCUT2D eigenvalue weighted by Gasteiger charge is -2.13. The molecule has 9 aromatic carbocycles. The van der Waals surface area contributed by atoms with Gasteiger partial charge >= 0.3 is 0 Å². The van der Waals surface area contributed by atoms with E-state index in [1.807, 2.05) is 30.3 Å². The van der Waals surface area contributed by atoms with Crippen molar-refractivity contribution in [2.24, 2.45) is 0 Å². The number of nitrogens with zero attached hydrogens (tertiary/aromatic N) is 4. The van der Waals surface area contributed by atoms with Gasteiger partial charge in [0.15, 0.2) is 0 Å². The number of benzene rings is 9. The van der Waals surface area contributed by atoms with E-state index in [1.165, 1.54) is 71.5 Å². The van der Waals surface area contributed by atoms with E-state index in [9.17, 15) is 0 Å². The van der Waals surface area contributed by atoms with Gasteiger partial charge in [-0.25, -0.2) is 9.97 Å². The van der Waals surface area contributed by atoms with E-state index >= 15 is 0 Å². The van der Waals surface area contributed by atoms with Crippen LogP contribution in [0.4, 0.5) is 0 Å². The molecule has 0 amide bonds. The van der Waals surface area contributed by atoms with Gasteiger partial charge < -0.3 is 9.13 Å². The lowest BCUT2D eigenvalue weighted by Crippen LogP contribution is -1.97. The molecule has 0 saturated carbocycles. The molecule has 12 aromatic rings. The van der Waals surface area contributed by atoms with Gasteiger partial charge in [0.1, 0.15) is 0 Å². The van der Waals surface area contributed by atoms with Crippen LogP contribution in [0.15, 0.2) is 206 Å². The molecule has 0 bridgehead atoms. The molecule has 0 aliphatic heterocycles. The Balaban J connectivity index is 1.04. The highest BCUT2D eigenvalue weighted by atomic mass is 15.0. The SMILES string of the molecule is Cc1ccc(-c2ccc3c(c2)c2cc(-c4ccc5c(c4)c4ccccc4n5-c4ccccc4)c(C)cc2n3-c2ccc(-c3nc4ccccc4nc3-c3ccccc3)cc2)cc1. The molecule has 0 spiro atoms. The lowest BCUT2D eigenvalue weighted by atomic mass is 9.95. The molecule has 3 heterocycles. The van der Waals surface area contributed by atoms with Gasteiger partial charge in [0, 0.05) is 44.0 Å². The first-order valence-electron chi connectivity index (χ1n) is 21.2. The molecule has 0 N–H and O–H groups in total. The largest absolute Gasteiger partial charge is 0.309 e. The van der Waals surface area contributed by atoms with Gasteiger partial charge in [0.25, 0.3) is 0 Å². The number of hydrogen-bond acceptors (Lipinski definition) is 2. The Labute approximate surface area is 359 Å².